The molecule has 0 heterocycles. The topological polar surface area (TPSA) is 0 Å². The van der Waals surface area contributed by atoms with Gasteiger partial charge in [-0.15, -0.1) is 0 Å². The average molecular weight is 395 g/mol. The molecular weight excluding hydrogens is 360 g/mol. The van der Waals surface area contributed by atoms with Crippen LogP contribution >= 0.6 is 0 Å². The number of hydrogen-bond acceptors (Lipinski definition) is 0. The first kappa shape index (κ1) is 19.6. The lowest BCUT2D eigenvalue weighted by Crippen LogP contribution is -2.17. The largest absolute Gasteiger partial charge is 0.0646 e. The summed E-state index contributed by atoms with van der Waals surface area (Å²) in [5, 5.41) is 2.64. The van der Waals surface area contributed by atoms with Gasteiger partial charge in [0.2, 0.25) is 0 Å². The highest BCUT2D eigenvalue weighted by Gasteiger charge is 2.28. The number of benzene rings is 3. The van der Waals surface area contributed by atoms with Gasteiger partial charge in [0.05, 0.1) is 0 Å². The summed E-state index contributed by atoms with van der Waals surface area (Å²) in [7, 11) is 0. The van der Waals surface area contributed by atoms with E-state index in [1.807, 2.05) is 0 Å². The third-order valence-corrected chi connectivity index (χ3v) is 7.49. The van der Waals surface area contributed by atoms with E-state index in [2.05, 4.69) is 73.7 Å². The van der Waals surface area contributed by atoms with Crippen LogP contribution in [0.2, 0.25) is 0 Å². The molecule has 154 valence electrons. The van der Waals surface area contributed by atoms with Crippen molar-refractivity contribution in [2.24, 2.45) is 5.41 Å². The van der Waals surface area contributed by atoms with Gasteiger partial charge in [-0.2, -0.15) is 0 Å². The van der Waals surface area contributed by atoms with E-state index in [0.29, 0.717) is 5.41 Å². The molecule has 0 aliphatic heterocycles. The van der Waals surface area contributed by atoms with Crippen molar-refractivity contribution in [3.63, 3.8) is 0 Å². The molecule has 0 aromatic heterocycles. The molecular formula is C30H34. The van der Waals surface area contributed by atoms with Crippen LogP contribution in [0.3, 0.4) is 0 Å². The van der Waals surface area contributed by atoms with E-state index in [-0.39, 0.29) is 0 Å². The predicted molar refractivity (Wildman–Crippen MR) is 131 cm³/mol. The van der Waals surface area contributed by atoms with Crippen LogP contribution in [-0.4, -0.2) is 0 Å². The Hall–Kier alpha value is -2.34. The van der Waals surface area contributed by atoms with Crippen molar-refractivity contribution in [1.29, 1.82) is 0 Å². The smallest absolute Gasteiger partial charge is 0.00574 e. The zero-order chi connectivity index (χ0) is 20.4. The minimum absolute atomic E-state index is 0.487. The Morgan fingerprint density at radius 3 is 2.27 bits per heavy atom. The first-order valence-electron chi connectivity index (χ1n) is 12.0. The molecule has 1 fully saturated rings. The van der Waals surface area contributed by atoms with Gasteiger partial charge in [0.15, 0.2) is 0 Å². The first-order valence-corrected chi connectivity index (χ1v) is 12.0. The Bertz CT molecular complexity index is 1060. The zero-order valence-electron chi connectivity index (χ0n) is 18.4. The van der Waals surface area contributed by atoms with Crippen LogP contribution in [0.4, 0.5) is 0 Å². The number of rotatable bonds is 3. The van der Waals surface area contributed by atoms with E-state index in [9.17, 15) is 0 Å². The normalized spacial score (nSPS) is 18.9. The maximum atomic E-state index is 2.56. The molecule has 0 amide bonds. The van der Waals surface area contributed by atoms with E-state index < -0.39 is 0 Å². The van der Waals surface area contributed by atoms with Crippen LogP contribution in [-0.2, 0) is 6.42 Å². The lowest BCUT2D eigenvalue weighted by Gasteiger charge is -2.30. The molecule has 0 bridgehead atoms. The summed E-state index contributed by atoms with van der Waals surface area (Å²) in [6.07, 6.45) is 16.3. The number of fused-ring (bicyclic) bond motifs is 2. The molecule has 1 saturated carbocycles. The summed E-state index contributed by atoms with van der Waals surface area (Å²) in [6, 6.07) is 22.5. The van der Waals surface area contributed by atoms with Crippen molar-refractivity contribution in [3.8, 4) is 11.1 Å². The average Bonchev–Trinajstić information content (AvgIpc) is 3.20. The van der Waals surface area contributed by atoms with Gasteiger partial charge in [-0.1, -0.05) is 112 Å². The minimum Gasteiger partial charge on any atom is -0.0646 e. The van der Waals surface area contributed by atoms with Gasteiger partial charge in [-0.3, -0.25) is 0 Å². The Morgan fingerprint density at radius 2 is 1.47 bits per heavy atom. The lowest BCUT2D eigenvalue weighted by molar-refractivity contribution is 0.256. The highest BCUT2D eigenvalue weighted by atomic mass is 14.3. The van der Waals surface area contributed by atoms with Crippen LogP contribution < -0.4 is 0 Å². The molecule has 3 aromatic rings. The quantitative estimate of drug-likeness (QED) is 0.416. The molecule has 2 aliphatic rings. The molecule has 30 heavy (non-hydrogen) atoms. The Balaban J connectivity index is 1.43. The fourth-order valence-corrected chi connectivity index (χ4v) is 5.82. The number of allylic oxidation sites excluding steroid dienone is 1. The van der Waals surface area contributed by atoms with Crippen molar-refractivity contribution in [2.45, 2.75) is 71.1 Å². The van der Waals surface area contributed by atoms with Crippen molar-refractivity contribution in [2.75, 3.05) is 0 Å². The first-order chi connectivity index (χ1) is 14.7. The van der Waals surface area contributed by atoms with Crippen molar-refractivity contribution in [1.82, 2.24) is 0 Å². The lowest BCUT2D eigenvalue weighted by atomic mass is 9.75. The summed E-state index contributed by atoms with van der Waals surface area (Å²) in [4.78, 5) is 0. The van der Waals surface area contributed by atoms with Crippen molar-refractivity contribution < 1.29 is 0 Å². The van der Waals surface area contributed by atoms with Gasteiger partial charge in [0, 0.05) is 0 Å². The molecule has 0 atom stereocenters. The standard InChI is InChI=1S/C30H34/c1-30(17-8-4-2-3-5-9-18-30)22-23-19-26-13-10-14-28(29(26)20-23)27-16-15-24-11-6-7-12-25(24)21-27/h6-7,10-16,20-21H,2-5,8-9,17-19,22H2,1H3. The van der Waals surface area contributed by atoms with Gasteiger partial charge in [-0.25, -0.2) is 0 Å². The zero-order valence-corrected chi connectivity index (χ0v) is 18.4. The van der Waals surface area contributed by atoms with Gasteiger partial charge in [0.1, 0.15) is 0 Å². The summed E-state index contributed by atoms with van der Waals surface area (Å²) < 4.78 is 0. The molecule has 0 N–H and O–H groups in total. The summed E-state index contributed by atoms with van der Waals surface area (Å²) in [5.74, 6) is 0. The maximum Gasteiger partial charge on any atom is -0.00574 e. The van der Waals surface area contributed by atoms with Crippen LogP contribution in [0.25, 0.3) is 28.0 Å². The molecule has 2 aliphatic carbocycles. The van der Waals surface area contributed by atoms with Crippen molar-refractivity contribution >= 4 is 16.8 Å². The monoisotopic (exact) mass is 394 g/mol. The molecule has 0 nitrogen and oxygen atoms in total. The second-order valence-electron chi connectivity index (χ2n) is 10.0. The van der Waals surface area contributed by atoms with Crippen molar-refractivity contribution in [3.05, 3.63) is 77.4 Å². The molecule has 0 heteroatoms. The van der Waals surface area contributed by atoms with Gasteiger partial charge >= 0.3 is 0 Å². The maximum absolute atomic E-state index is 2.56. The third kappa shape index (κ3) is 4.10. The molecule has 0 saturated heterocycles. The van der Waals surface area contributed by atoms with Gasteiger partial charge in [-0.05, 0) is 70.2 Å². The highest BCUT2D eigenvalue weighted by Crippen LogP contribution is 2.43. The van der Waals surface area contributed by atoms with E-state index in [4.69, 9.17) is 0 Å². The number of hydrogen-bond donors (Lipinski definition) is 0. The van der Waals surface area contributed by atoms with Gasteiger partial charge < -0.3 is 0 Å². The molecule has 0 unspecified atom stereocenters. The van der Waals surface area contributed by atoms with E-state index in [1.165, 1.54) is 90.8 Å². The Kier molecular flexibility index (Phi) is 5.50. The summed E-state index contributed by atoms with van der Waals surface area (Å²) >= 11 is 0. The molecule has 0 radical (unpaired) electrons. The SMILES string of the molecule is CC1(CC2=Cc3c(cccc3-c3ccc4ccccc4c3)C2)CCCCCCCC1. The Morgan fingerprint density at radius 1 is 0.733 bits per heavy atom. The minimum atomic E-state index is 0.487. The second kappa shape index (κ2) is 8.42. The Labute approximate surface area is 182 Å². The van der Waals surface area contributed by atoms with E-state index in [0.717, 1.165) is 6.42 Å². The summed E-state index contributed by atoms with van der Waals surface area (Å²) in [5.41, 5.74) is 7.86. The fraction of sp³-hybridized carbons (Fsp3) is 0.400. The second-order valence-corrected chi connectivity index (χ2v) is 10.0. The summed E-state index contributed by atoms with van der Waals surface area (Å²) in [6.45, 7) is 2.56. The third-order valence-electron chi connectivity index (χ3n) is 7.49. The highest BCUT2D eigenvalue weighted by molar-refractivity contribution is 5.90. The predicted octanol–water partition coefficient (Wildman–Crippen LogP) is 8.98. The van der Waals surface area contributed by atoms with Gasteiger partial charge in [0.25, 0.3) is 0 Å². The van der Waals surface area contributed by atoms with Crippen LogP contribution in [0.1, 0.15) is 75.8 Å². The van der Waals surface area contributed by atoms with Crippen LogP contribution in [0.5, 0.6) is 0 Å². The van der Waals surface area contributed by atoms with E-state index >= 15 is 0 Å². The van der Waals surface area contributed by atoms with Crippen LogP contribution in [0, 0.1) is 5.41 Å². The van der Waals surface area contributed by atoms with E-state index in [1.54, 1.807) is 5.57 Å². The molecule has 5 rings (SSSR count). The fourth-order valence-electron chi connectivity index (χ4n) is 5.82. The molecule has 3 aromatic carbocycles. The van der Waals surface area contributed by atoms with Crippen LogP contribution in [0.15, 0.2) is 66.2 Å². The molecule has 0 spiro atoms.